The van der Waals surface area contributed by atoms with E-state index in [1.54, 1.807) is 24.3 Å². The first-order chi connectivity index (χ1) is 9.56. The molecule has 0 aliphatic carbocycles. The van der Waals surface area contributed by atoms with Crippen LogP contribution < -0.4 is 5.73 Å². The second-order valence-corrected chi connectivity index (χ2v) is 5.81. The van der Waals surface area contributed by atoms with E-state index < -0.39 is 0 Å². The fraction of sp³-hybridized carbons (Fsp3) is 0.125. The van der Waals surface area contributed by atoms with Crippen molar-refractivity contribution in [3.63, 3.8) is 0 Å². The van der Waals surface area contributed by atoms with Crippen molar-refractivity contribution >= 4 is 33.0 Å². The number of thiophene rings is 1. The van der Waals surface area contributed by atoms with Gasteiger partial charge >= 0.3 is 0 Å². The monoisotopic (exact) mass is 282 g/mol. The number of nitrogens with two attached hydrogens (primary N) is 1. The number of hydrogen-bond donors (Lipinski definition) is 1. The molecule has 2 N–H and O–H groups in total. The Morgan fingerprint density at radius 2 is 1.80 bits per heavy atom. The van der Waals surface area contributed by atoms with Crippen molar-refractivity contribution in [2.45, 2.75) is 13.8 Å². The Balaban J connectivity index is 2.12. The van der Waals surface area contributed by atoms with Gasteiger partial charge in [0.1, 0.15) is 4.83 Å². The van der Waals surface area contributed by atoms with Gasteiger partial charge < -0.3 is 5.73 Å². The van der Waals surface area contributed by atoms with Gasteiger partial charge in [0.15, 0.2) is 0 Å². The highest BCUT2D eigenvalue weighted by Crippen LogP contribution is 2.31. The summed E-state index contributed by atoms with van der Waals surface area (Å²) in [6.07, 6.45) is 0. The van der Waals surface area contributed by atoms with Gasteiger partial charge in [-0.15, -0.1) is 11.3 Å². The SMILES string of the molecule is Cc1ccc2c(C)c(C(=O)c3ccc(N)cc3)sc2n1. The lowest BCUT2D eigenvalue weighted by Gasteiger charge is -2.00. The lowest BCUT2D eigenvalue weighted by Crippen LogP contribution is -2.00. The van der Waals surface area contributed by atoms with Crippen LogP contribution in [0, 0.1) is 13.8 Å². The summed E-state index contributed by atoms with van der Waals surface area (Å²) in [6.45, 7) is 3.93. The van der Waals surface area contributed by atoms with Crippen LogP contribution in [-0.4, -0.2) is 10.8 Å². The molecule has 100 valence electrons. The second-order valence-electron chi connectivity index (χ2n) is 4.81. The molecule has 4 heteroatoms. The highest BCUT2D eigenvalue weighted by atomic mass is 32.1. The Morgan fingerprint density at radius 1 is 1.10 bits per heavy atom. The summed E-state index contributed by atoms with van der Waals surface area (Å²) in [5, 5.41) is 1.05. The van der Waals surface area contributed by atoms with Gasteiger partial charge in [-0.05, 0) is 55.8 Å². The molecule has 0 radical (unpaired) electrons. The Labute approximate surface area is 121 Å². The molecule has 3 nitrogen and oxygen atoms in total. The van der Waals surface area contributed by atoms with Gasteiger partial charge in [0.05, 0.1) is 4.88 Å². The van der Waals surface area contributed by atoms with E-state index in [1.165, 1.54) is 11.3 Å². The van der Waals surface area contributed by atoms with Gasteiger partial charge in [-0.2, -0.15) is 0 Å². The predicted octanol–water partition coefficient (Wildman–Crippen LogP) is 3.73. The second kappa shape index (κ2) is 4.72. The maximum Gasteiger partial charge on any atom is 0.203 e. The summed E-state index contributed by atoms with van der Waals surface area (Å²) in [5.74, 6) is 0.0307. The van der Waals surface area contributed by atoms with Crippen molar-refractivity contribution in [3.8, 4) is 0 Å². The first kappa shape index (κ1) is 12.8. The molecule has 0 aliphatic heterocycles. The summed E-state index contributed by atoms with van der Waals surface area (Å²) in [5.41, 5.74) is 8.93. The molecule has 0 spiro atoms. The number of nitrogens with zero attached hydrogens (tertiary/aromatic N) is 1. The van der Waals surface area contributed by atoms with E-state index in [4.69, 9.17) is 5.73 Å². The molecule has 3 rings (SSSR count). The zero-order chi connectivity index (χ0) is 14.3. The highest BCUT2D eigenvalue weighted by Gasteiger charge is 2.17. The Bertz CT molecular complexity index is 803. The largest absolute Gasteiger partial charge is 0.399 e. The number of rotatable bonds is 2. The van der Waals surface area contributed by atoms with Gasteiger partial charge in [0, 0.05) is 22.3 Å². The van der Waals surface area contributed by atoms with Crippen molar-refractivity contribution in [3.05, 3.63) is 58.1 Å². The minimum atomic E-state index is 0.0307. The normalized spacial score (nSPS) is 10.9. The minimum Gasteiger partial charge on any atom is -0.399 e. The molecule has 0 atom stereocenters. The molecule has 0 saturated heterocycles. The van der Waals surface area contributed by atoms with E-state index >= 15 is 0 Å². The fourth-order valence-electron chi connectivity index (χ4n) is 2.17. The van der Waals surface area contributed by atoms with Gasteiger partial charge in [0.25, 0.3) is 0 Å². The number of pyridine rings is 1. The molecular weight excluding hydrogens is 268 g/mol. The third-order valence-electron chi connectivity index (χ3n) is 3.32. The van der Waals surface area contributed by atoms with Crippen LogP contribution in [0.4, 0.5) is 5.69 Å². The molecule has 20 heavy (non-hydrogen) atoms. The molecule has 0 aliphatic rings. The summed E-state index contributed by atoms with van der Waals surface area (Å²) >= 11 is 1.45. The third-order valence-corrected chi connectivity index (χ3v) is 4.52. The molecule has 0 unspecified atom stereocenters. The van der Waals surface area contributed by atoms with Crippen LogP contribution in [0.5, 0.6) is 0 Å². The summed E-state index contributed by atoms with van der Waals surface area (Å²) in [7, 11) is 0. The Kier molecular flexibility index (Phi) is 3.03. The van der Waals surface area contributed by atoms with E-state index in [1.807, 2.05) is 26.0 Å². The quantitative estimate of drug-likeness (QED) is 0.575. The first-order valence-corrected chi connectivity index (χ1v) is 7.15. The standard InChI is InChI=1S/C16H14N2OS/c1-9-3-8-13-10(2)15(20-16(13)18-9)14(19)11-4-6-12(17)7-5-11/h3-8H,17H2,1-2H3. The number of hydrogen-bond acceptors (Lipinski definition) is 4. The highest BCUT2D eigenvalue weighted by molar-refractivity contribution is 7.20. The predicted molar refractivity (Wildman–Crippen MR) is 83.4 cm³/mol. The van der Waals surface area contributed by atoms with E-state index in [0.717, 1.165) is 26.4 Å². The van der Waals surface area contributed by atoms with Crippen LogP contribution >= 0.6 is 11.3 Å². The van der Waals surface area contributed by atoms with Gasteiger partial charge in [0.2, 0.25) is 5.78 Å². The van der Waals surface area contributed by atoms with Gasteiger partial charge in [-0.1, -0.05) is 0 Å². The molecule has 0 fully saturated rings. The molecule has 2 aromatic heterocycles. The Morgan fingerprint density at radius 3 is 2.50 bits per heavy atom. The average molecular weight is 282 g/mol. The number of benzene rings is 1. The number of carbonyl (C=O) groups is 1. The maximum absolute atomic E-state index is 12.6. The van der Waals surface area contributed by atoms with Crippen molar-refractivity contribution in [2.24, 2.45) is 0 Å². The first-order valence-electron chi connectivity index (χ1n) is 6.33. The van der Waals surface area contributed by atoms with Crippen LogP contribution in [0.25, 0.3) is 10.2 Å². The molecule has 0 saturated carbocycles. The van der Waals surface area contributed by atoms with Gasteiger partial charge in [-0.3, -0.25) is 4.79 Å². The summed E-state index contributed by atoms with van der Waals surface area (Å²) < 4.78 is 0. The Hall–Kier alpha value is -2.20. The number of aromatic nitrogens is 1. The molecular formula is C16H14N2OS. The van der Waals surface area contributed by atoms with Crippen molar-refractivity contribution in [1.82, 2.24) is 4.98 Å². The number of aryl methyl sites for hydroxylation is 2. The van der Waals surface area contributed by atoms with E-state index in [9.17, 15) is 4.79 Å². The lowest BCUT2D eigenvalue weighted by molar-refractivity contribution is 0.104. The summed E-state index contributed by atoms with van der Waals surface area (Å²) in [4.78, 5) is 18.7. The number of ketones is 1. The van der Waals surface area contributed by atoms with Crippen molar-refractivity contribution in [2.75, 3.05) is 5.73 Å². The number of anilines is 1. The number of fused-ring (bicyclic) bond motifs is 1. The van der Waals surface area contributed by atoms with E-state index in [2.05, 4.69) is 4.98 Å². The molecule has 2 heterocycles. The van der Waals surface area contributed by atoms with Crippen LogP contribution in [0.2, 0.25) is 0 Å². The lowest BCUT2D eigenvalue weighted by atomic mass is 10.1. The zero-order valence-corrected chi connectivity index (χ0v) is 12.1. The molecule has 1 aromatic carbocycles. The molecule has 0 amide bonds. The fourth-order valence-corrected chi connectivity index (χ4v) is 3.36. The van der Waals surface area contributed by atoms with Crippen LogP contribution in [0.3, 0.4) is 0 Å². The summed E-state index contributed by atoms with van der Waals surface area (Å²) in [6, 6.07) is 11.0. The van der Waals surface area contributed by atoms with Crippen LogP contribution in [0.1, 0.15) is 26.5 Å². The third kappa shape index (κ3) is 2.08. The molecule has 0 bridgehead atoms. The van der Waals surface area contributed by atoms with Crippen LogP contribution in [-0.2, 0) is 0 Å². The van der Waals surface area contributed by atoms with Gasteiger partial charge in [-0.25, -0.2) is 4.98 Å². The van der Waals surface area contributed by atoms with Crippen LogP contribution in [0.15, 0.2) is 36.4 Å². The smallest absolute Gasteiger partial charge is 0.203 e. The topological polar surface area (TPSA) is 56.0 Å². The molecule has 3 aromatic rings. The van der Waals surface area contributed by atoms with Crippen molar-refractivity contribution in [1.29, 1.82) is 0 Å². The van der Waals surface area contributed by atoms with Crippen molar-refractivity contribution < 1.29 is 4.79 Å². The maximum atomic E-state index is 12.6. The zero-order valence-electron chi connectivity index (χ0n) is 11.3. The average Bonchev–Trinajstić information content (AvgIpc) is 2.75. The number of carbonyl (C=O) groups excluding carboxylic acids is 1. The van der Waals surface area contributed by atoms with E-state index in [0.29, 0.717) is 11.3 Å². The van der Waals surface area contributed by atoms with E-state index in [-0.39, 0.29) is 5.78 Å². The minimum absolute atomic E-state index is 0.0307. The number of nitrogen functional groups attached to an aromatic ring is 1.